The fourth-order valence-electron chi connectivity index (χ4n) is 2.17. The average molecular weight is 212 g/mol. The summed E-state index contributed by atoms with van der Waals surface area (Å²) in [5.41, 5.74) is -0.265. The smallest absolute Gasteiger partial charge is 0.0913 e. The Kier molecular flexibility index (Phi) is 5.34. The van der Waals surface area contributed by atoms with Crippen LogP contribution in [-0.4, -0.2) is 23.4 Å². The summed E-state index contributed by atoms with van der Waals surface area (Å²) in [6.45, 7) is 6.54. The number of aliphatic hydroxyl groups is 1. The molecule has 0 saturated carbocycles. The molecule has 0 bridgehead atoms. The van der Waals surface area contributed by atoms with E-state index in [0.29, 0.717) is 0 Å². The lowest BCUT2D eigenvalue weighted by molar-refractivity contribution is -0.0810. The normalized spacial score (nSPS) is 27.9. The lowest BCUT2D eigenvalue weighted by atomic mass is 9.91. The summed E-state index contributed by atoms with van der Waals surface area (Å²) in [5.74, 6) is 0. The highest BCUT2D eigenvalue weighted by atomic mass is 16.5. The Morgan fingerprint density at radius 2 is 2.27 bits per heavy atom. The molecule has 88 valence electrons. The fraction of sp³-hybridized carbons (Fsp3) is 0.846. The zero-order valence-electron chi connectivity index (χ0n) is 9.87. The van der Waals surface area contributed by atoms with E-state index in [1.807, 2.05) is 13.0 Å². The first-order valence-electron chi connectivity index (χ1n) is 6.12. The molecule has 0 radical (unpaired) electrons. The SMILES string of the molecule is C=CCCCCCC(O)C1(C)CCCO1. The summed E-state index contributed by atoms with van der Waals surface area (Å²) in [6, 6.07) is 0. The van der Waals surface area contributed by atoms with E-state index in [0.717, 1.165) is 38.7 Å². The Morgan fingerprint density at radius 3 is 2.87 bits per heavy atom. The van der Waals surface area contributed by atoms with Gasteiger partial charge in [0.2, 0.25) is 0 Å². The molecule has 0 aromatic carbocycles. The van der Waals surface area contributed by atoms with Crippen molar-refractivity contribution in [1.29, 1.82) is 0 Å². The number of rotatable bonds is 7. The van der Waals surface area contributed by atoms with Crippen molar-refractivity contribution in [2.24, 2.45) is 0 Å². The molecule has 1 fully saturated rings. The van der Waals surface area contributed by atoms with Crippen LogP contribution in [0.2, 0.25) is 0 Å². The maximum absolute atomic E-state index is 10.0. The molecule has 15 heavy (non-hydrogen) atoms. The number of ether oxygens (including phenoxy) is 1. The molecule has 2 atom stereocenters. The van der Waals surface area contributed by atoms with Crippen LogP contribution < -0.4 is 0 Å². The van der Waals surface area contributed by atoms with Gasteiger partial charge in [-0.25, -0.2) is 0 Å². The highest BCUT2D eigenvalue weighted by Gasteiger charge is 2.36. The van der Waals surface area contributed by atoms with Gasteiger partial charge in [-0.2, -0.15) is 0 Å². The predicted molar refractivity (Wildman–Crippen MR) is 62.9 cm³/mol. The molecular formula is C13H24O2. The van der Waals surface area contributed by atoms with Gasteiger partial charge in [-0.3, -0.25) is 0 Å². The van der Waals surface area contributed by atoms with E-state index < -0.39 is 0 Å². The van der Waals surface area contributed by atoms with Crippen molar-refractivity contribution in [2.45, 2.75) is 63.6 Å². The number of unbranched alkanes of at least 4 members (excludes halogenated alkanes) is 3. The molecule has 2 heteroatoms. The third kappa shape index (κ3) is 3.96. The molecule has 2 nitrogen and oxygen atoms in total. The van der Waals surface area contributed by atoms with Crippen LogP contribution in [0.3, 0.4) is 0 Å². The third-order valence-electron chi connectivity index (χ3n) is 3.34. The van der Waals surface area contributed by atoms with Gasteiger partial charge in [0, 0.05) is 6.61 Å². The number of allylic oxidation sites excluding steroid dienone is 1. The molecule has 0 aliphatic carbocycles. The highest BCUT2D eigenvalue weighted by molar-refractivity contribution is 4.87. The van der Waals surface area contributed by atoms with Gasteiger partial charge in [0.15, 0.2) is 0 Å². The molecule has 1 rings (SSSR count). The standard InChI is InChI=1S/C13H24O2/c1-3-4-5-6-7-9-12(14)13(2)10-8-11-15-13/h3,12,14H,1,4-11H2,2H3. The molecule has 2 unspecified atom stereocenters. The van der Waals surface area contributed by atoms with Gasteiger partial charge in [0.1, 0.15) is 0 Å². The van der Waals surface area contributed by atoms with E-state index in [9.17, 15) is 5.11 Å². The second-order valence-electron chi connectivity index (χ2n) is 4.71. The van der Waals surface area contributed by atoms with Gasteiger partial charge >= 0.3 is 0 Å². The number of hydrogen-bond acceptors (Lipinski definition) is 2. The fourth-order valence-corrected chi connectivity index (χ4v) is 2.17. The molecule has 0 aromatic rings. The monoisotopic (exact) mass is 212 g/mol. The van der Waals surface area contributed by atoms with Crippen LogP contribution in [0.15, 0.2) is 12.7 Å². The Balaban J connectivity index is 2.12. The number of hydrogen-bond donors (Lipinski definition) is 1. The van der Waals surface area contributed by atoms with Crippen molar-refractivity contribution in [2.75, 3.05) is 6.61 Å². The van der Waals surface area contributed by atoms with Crippen molar-refractivity contribution in [1.82, 2.24) is 0 Å². The summed E-state index contributed by atoms with van der Waals surface area (Å²) < 4.78 is 5.61. The molecule has 1 aliphatic rings. The van der Waals surface area contributed by atoms with E-state index in [-0.39, 0.29) is 11.7 Å². The summed E-state index contributed by atoms with van der Waals surface area (Å²) in [4.78, 5) is 0. The summed E-state index contributed by atoms with van der Waals surface area (Å²) in [7, 11) is 0. The summed E-state index contributed by atoms with van der Waals surface area (Å²) in [5, 5.41) is 10.0. The molecule has 0 amide bonds. The highest BCUT2D eigenvalue weighted by Crippen LogP contribution is 2.30. The van der Waals surface area contributed by atoms with Gasteiger partial charge in [0.05, 0.1) is 11.7 Å². The molecule has 1 saturated heterocycles. The minimum absolute atomic E-state index is 0.265. The largest absolute Gasteiger partial charge is 0.390 e. The van der Waals surface area contributed by atoms with E-state index in [1.54, 1.807) is 0 Å². The van der Waals surface area contributed by atoms with Gasteiger partial charge < -0.3 is 9.84 Å². The van der Waals surface area contributed by atoms with Crippen LogP contribution in [0.1, 0.15) is 51.9 Å². The van der Waals surface area contributed by atoms with E-state index in [1.165, 1.54) is 12.8 Å². The van der Waals surface area contributed by atoms with Crippen LogP contribution in [-0.2, 0) is 4.74 Å². The lowest BCUT2D eigenvalue weighted by Crippen LogP contribution is -2.38. The van der Waals surface area contributed by atoms with Gasteiger partial charge in [-0.1, -0.05) is 18.9 Å². The zero-order chi connectivity index (χ0) is 11.1. The van der Waals surface area contributed by atoms with Crippen molar-refractivity contribution < 1.29 is 9.84 Å². The molecule has 1 N–H and O–H groups in total. The average Bonchev–Trinajstić information content (AvgIpc) is 2.66. The minimum atomic E-state index is -0.288. The molecule has 0 aromatic heterocycles. The predicted octanol–water partition coefficient (Wildman–Crippen LogP) is 3.05. The molecule has 0 spiro atoms. The van der Waals surface area contributed by atoms with Crippen LogP contribution in [0.25, 0.3) is 0 Å². The molecular weight excluding hydrogens is 188 g/mol. The van der Waals surface area contributed by atoms with Crippen LogP contribution in [0, 0.1) is 0 Å². The Hall–Kier alpha value is -0.340. The van der Waals surface area contributed by atoms with Crippen molar-refractivity contribution in [3.05, 3.63) is 12.7 Å². The van der Waals surface area contributed by atoms with E-state index >= 15 is 0 Å². The topological polar surface area (TPSA) is 29.5 Å². The Labute approximate surface area is 93.3 Å². The van der Waals surface area contributed by atoms with Gasteiger partial charge in [-0.05, 0) is 39.0 Å². The third-order valence-corrected chi connectivity index (χ3v) is 3.34. The quantitative estimate of drug-likeness (QED) is 0.519. The van der Waals surface area contributed by atoms with Gasteiger partial charge in [0.25, 0.3) is 0 Å². The van der Waals surface area contributed by atoms with E-state index in [4.69, 9.17) is 4.74 Å². The van der Waals surface area contributed by atoms with Crippen LogP contribution in [0.4, 0.5) is 0 Å². The first kappa shape index (κ1) is 12.7. The lowest BCUT2D eigenvalue weighted by Gasteiger charge is -2.29. The summed E-state index contributed by atoms with van der Waals surface area (Å²) >= 11 is 0. The maximum atomic E-state index is 10.0. The zero-order valence-corrected chi connectivity index (χ0v) is 9.87. The summed E-state index contributed by atoms with van der Waals surface area (Å²) in [6.07, 6.45) is 9.17. The maximum Gasteiger partial charge on any atom is 0.0913 e. The first-order valence-corrected chi connectivity index (χ1v) is 6.12. The van der Waals surface area contributed by atoms with Crippen LogP contribution in [0.5, 0.6) is 0 Å². The minimum Gasteiger partial charge on any atom is -0.390 e. The Bertz CT molecular complexity index is 183. The number of aliphatic hydroxyl groups excluding tert-OH is 1. The van der Waals surface area contributed by atoms with Crippen molar-refractivity contribution in [3.8, 4) is 0 Å². The first-order chi connectivity index (χ1) is 7.19. The van der Waals surface area contributed by atoms with Crippen molar-refractivity contribution in [3.63, 3.8) is 0 Å². The second kappa shape index (κ2) is 6.29. The van der Waals surface area contributed by atoms with E-state index in [2.05, 4.69) is 6.58 Å². The second-order valence-corrected chi connectivity index (χ2v) is 4.71. The Morgan fingerprint density at radius 1 is 1.47 bits per heavy atom. The van der Waals surface area contributed by atoms with Gasteiger partial charge in [-0.15, -0.1) is 6.58 Å². The molecule has 1 heterocycles. The van der Waals surface area contributed by atoms with Crippen LogP contribution >= 0.6 is 0 Å². The van der Waals surface area contributed by atoms with Crippen molar-refractivity contribution >= 4 is 0 Å². The molecule has 1 aliphatic heterocycles.